The molecule has 0 fully saturated rings. The second kappa shape index (κ2) is 3.01. The fourth-order valence-electron chi connectivity index (χ4n) is 1.42. The monoisotopic (exact) mass is 179 g/mol. The molecule has 0 saturated carbocycles. The average molecular weight is 179 g/mol. The second-order valence-electron chi connectivity index (χ2n) is 2.96. The lowest BCUT2D eigenvalue weighted by molar-refractivity contribution is -0.389. The first-order chi connectivity index (χ1) is 6.27. The van der Waals surface area contributed by atoms with Gasteiger partial charge in [-0.25, -0.2) is 0 Å². The van der Waals surface area contributed by atoms with E-state index in [0.717, 1.165) is 24.9 Å². The van der Waals surface area contributed by atoms with Gasteiger partial charge in [0.25, 0.3) is 0 Å². The highest BCUT2D eigenvalue weighted by atomic mass is 16.6. The van der Waals surface area contributed by atoms with Gasteiger partial charge in [0.2, 0.25) is 5.82 Å². The summed E-state index contributed by atoms with van der Waals surface area (Å²) in [5, 5.41) is 13.4. The minimum absolute atomic E-state index is 0.0897. The van der Waals surface area contributed by atoms with Crippen LogP contribution in [0.5, 0.6) is 0 Å². The predicted molar refractivity (Wildman–Crippen MR) is 47.7 cm³/mol. The van der Waals surface area contributed by atoms with Gasteiger partial charge in [-0.2, -0.15) is 0 Å². The molecule has 0 radical (unpaired) electrons. The van der Waals surface area contributed by atoms with Gasteiger partial charge in [0.15, 0.2) is 0 Å². The van der Waals surface area contributed by atoms with E-state index in [1.165, 1.54) is 6.07 Å². The zero-order valence-corrected chi connectivity index (χ0v) is 6.99. The Balaban J connectivity index is 2.40. The topological polar surface area (TPSA) is 68.1 Å². The number of aryl methyl sites for hydroxylation is 1. The van der Waals surface area contributed by atoms with Gasteiger partial charge >= 0.3 is 5.82 Å². The van der Waals surface area contributed by atoms with Crippen LogP contribution in [0.2, 0.25) is 0 Å². The molecule has 0 aliphatic carbocycles. The first-order valence-corrected chi connectivity index (χ1v) is 4.15. The Bertz CT molecular complexity index is 351. The van der Waals surface area contributed by atoms with Crippen LogP contribution in [0.1, 0.15) is 12.0 Å². The van der Waals surface area contributed by atoms with Gasteiger partial charge in [0.05, 0.1) is 0 Å². The van der Waals surface area contributed by atoms with Crippen LogP contribution < -0.4 is 5.32 Å². The Labute approximate surface area is 74.9 Å². The van der Waals surface area contributed by atoms with Gasteiger partial charge in [-0.05, 0) is 28.8 Å². The molecule has 0 saturated heterocycles. The van der Waals surface area contributed by atoms with Gasteiger partial charge in [0, 0.05) is 18.2 Å². The average Bonchev–Trinajstić information content (AvgIpc) is 2.17. The molecule has 1 N–H and O–H groups in total. The number of nitro groups is 1. The molecule has 68 valence electrons. The van der Waals surface area contributed by atoms with E-state index in [4.69, 9.17) is 0 Å². The molecule has 1 aromatic heterocycles. The van der Waals surface area contributed by atoms with Gasteiger partial charge in [0.1, 0.15) is 0 Å². The molecule has 2 heterocycles. The maximum atomic E-state index is 10.4. The molecular weight excluding hydrogens is 170 g/mol. The zero-order valence-electron chi connectivity index (χ0n) is 6.99. The van der Waals surface area contributed by atoms with Crippen molar-refractivity contribution in [3.63, 3.8) is 0 Å². The number of nitrogens with one attached hydrogen (secondary N) is 1. The molecule has 0 amide bonds. The molecule has 2 rings (SSSR count). The summed E-state index contributed by atoms with van der Waals surface area (Å²) < 4.78 is 0. The number of aromatic nitrogens is 1. The van der Waals surface area contributed by atoms with Crippen molar-refractivity contribution in [1.82, 2.24) is 4.98 Å². The lowest BCUT2D eigenvalue weighted by atomic mass is 10.1. The molecule has 1 aliphatic rings. The van der Waals surface area contributed by atoms with E-state index in [0.29, 0.717) is 5.82 Å². The maximum absolute atomic E-state index is 10.4. The Kier molecular flexibility index (Phi) is 1.84. The summed E-state index contributed by atoms with van der Waals surface area (Å²) in [5.74, 6) is 0.577. The fraction of sp³-hybridized carbons (Fsp3) is 0.375. The SMILES string of the molecule is O=[N+]([O-])c1ccc2c(n1)NCCC2. The molecule has 0 atom stereocenters. The predicted octanol–water partition coefficient (Wildman–Crippen LogP) is 1.35. The third kappa shape index (κ3) is 1.44. The van der Waals surface area contributed by atoms with Crippen molar-refractivity contribution in [3.05, 3.63) is 27.8 Å². The summed E-state index contributed by atoms with van der Waals surface area (Å²) in [4.78, 5) is 13.8. The first kappa shape index (κ1) is 7.97. The van der Waals surface area contributed by atoms with E-state index in [1.807, 2.05) is 0 Å². The molecule has 13 heavy (non-hydrogen) atoms. The molecule has 0 spiro atoms. The van der Waals surface area contributed by atoms with Crippen LogP contribution in [-0.4, -0.2) is 16.5 Å². The lowest BCUT2D eigenvalue weighted by Crippen LogP contribution is -2.13. The van der Waals surface area contributed by atoms with Crippen LogP contribution in [-0.2, 0) is 6.42 Å². The minimum Gasteiger partial charge on any atom is -0.358 e. The molecule has 5 heteroatoms. The van der Waals surface area contributed by atoms with Crippen LogP contribution in [0, 0.1) is 10.1 Å². The van der Waals surface area contributed by atoms with Gasteiger partial charge in [-0.1, -0.05) is 0 Å². The van der Waals surface area contributed by atoms with Crippen molar-refractivity contribution < 1.29 is 4.92 Å². The van der Waals surface area contributed by atoms with E-state index in [-0.39, 0.29) is 5.82 Å². The van der Waals surface area contributed by atoms with Gasteiger partial charge in [-0.3, -0.25) is 0 Å². The number of pyridine rings is 1. The molecule has 1 aromatic rings. The van der Waals surface area contributed by atoms with E-state index in [1.54, 1.807) is 6.07 Å². The largest absolute Gasteiger partial charge is 0.365 e. The van der Waals surface area contributed by atoms with E-state index >= 15 is 0 Å². The Morgan fingerprint density at radius 3 is 3.15 bits per heavy atom. The normalized spacial score (nSPS) is 14.5. The smallest absolute Gasteiger partial charge is 0.358 e. The van der Waals surface area contributed by atoms with Gasteiger partial charge < -0.3 is 15.4 Å². The summed E-state index contributed by atoms with van der Waals surface area (Å²) in [6.45, 7) is 0.848. The van der Waals surface area contributed by atoms with E-state index < -0.39 is 4.92 Å². The summed E-state index contributed by atoms with van der Waals surface area (Å²) in [6.07, 6.45) is 2.01. The van der Waals surface area contributed by atoms with Crippen molar-refractivity contribution in [2.24, 2.45) is 0 Å². The number of fused-ring (bicyclic) bond motifs is 1. The second-order valence-corrected chi connectivity index (χ2v) is 2.96. The number of hydrogen-bond acceptors (Lipinski definition) is 4. The molecule has 5 nitrogen and oxygen atoms in total. The molecular formula is C8H9N3O2. The minimum atomic E-state index is -0.476. The summed E-state index contributed by atoms with van der Waals surface area (Å²) in [6, 6.07) is 3.22. The number of hydrogen-bond donors (Lipinski definition) is 1. The van der Waals surface area contributed by atoms with Crippen LogP contribution in [0.15, 0.2) is 12.1 Å². The van der Waals surface area contributed by atoms with Crippen molar-refractivity contribution in [2.45, 2.75) is 12.8 Å². The Morgan fingerprint density at radius 1 is 1.54 bits per heavy atom. The van der Waals surface area contributed by atoms with Crippen molar-refractivity contribution >= 4 is 11.6 Å². The Morgan fingerprint density at radius 2 is 2.38 bits per heavy atom. The first-order valence-electron chi connectivity index (χ1n) is 4.15. The standard InChI is InChI=1S/C8H9N3O2/c12-11(13)7-4-3-6-2-1-5-9-8(6)10-7/h3-4H,1-2,5H2,(H,9,10). The summed E-state index contributed by atoms with van der Waals surface area (Å²) in [5.41, 5.74) is 1.07. The summed E-state index contributed by atoms with van der Waals surface area (Å²) in [7, 11) is 0. The highest BCUT2D eigenvalue weighted by molar-refractivity contribution is 5.49. The molecule has 1 aliphatic heterocycles. The van der Waals surface area contributed by atoms with Gasteiger partial charge in [-0.15, -0.1) is 0 Å². The third-order valence-electron chi connectivity index (χ3n) is 2.07. The van der Waals surface area contributed by atoms with Crippen LogP contribution >= 0.6 is 0 Å². The Hall–Kier alpha value is -1.65. The number of rotatable bonds is 1. The quantitative estimate of drug-likeness (QED) is 0.522. The number of nitrogens with zero attached hydrogens (tertiary/aromatic N) is 2. The zero-order chi connectivity index (χ0) is 9.26. The van der Waals surface area contributed by atoms with Crippen molar-refractivity contribution in [2.75, 3.05) is 11.9 Å². The van der Waals surface area contributed by atoms with Crippen molar-refractivity contribution in [1.29, 1.82) is 0 Å². The van der Waals surface area contributed by atoms with Crippen LogP contribution in [0.3, 0.4) is 0 Å². The van der Waals surface area contributed by atoms with E-state index in [9.17, 15) is 10.1 Å². The highest BCUT2D eigenvalue weighted by Gasteiger charge is 2.17. The molecule has 0 unspecified atom stereocenters. The lowest BCUT2D eigenvalue weighted by Gasteiger charge is -2.12. The van der Waals surface area contributed by atoms with Crippen LogP contribution in [0.4, 0.5) is 11.6 Å². The maximum Gasteiger partial charge on any atom is 0.365 e. The summed E-state index contributed by atoms with van der Waals surface area (Å²) >= 11 is 0. The highest BCUT2D eigenvalue weighted by Crippen LogP contribution is 2.22. The molecule has 0 aromatic carbocycles. The number of anilines is 1. The molecule has 0 bridgehead atoms. The van der Waals surface area contributed by atoms with Crippen LogP contribution in [0.25, 0.3) is 0 Å². The van der Waals surface area contributed by atoms with Crippen molar-refractivity contribution in [3.8, 4) is 0 Å². The fourth-order valence-corrected chi connectivity index (χ4v) is 1.42. The third-order valence-corrected chi connectivity index (χ3v) is 2.07. The van der Waals surface area contributed by atoms with E-state index in [2.05, 4.69) is 10.3 Å².